The molecule has 3 heterocycles. The third kappa shape index (κ3) is 3.24. The number of carbonyl (C=O) groups excluding carboxylic acids is 1. The molecule has 1 amide bonds. The third-order valence-corrected chi connectivity index (χ3v) is 5.30. The molecular weight excluding hydrogens is 380 g/mol. The molecule has 7 heteroatoms. The average molecular weight is 400 g/mol. The molecule has 4 aromatic rings. The maximum atomic E-state index is 12.6. The summed E-state index contributed by atoms with van der Waals surface area (Å²) >= 11 is 0. The molecule has 0 fully saturated rings. The molecule has 7 nitrogen and oxygen atoms in total. The standard InChI is InChI=1S/C23H20N4O3/c1-29-19-10-6-5-9-16(19)15-11-17-20(22(28)24-12-15)27-21(25-17)18-13-30-23(26-18)14-7-3-2-4-8-14/h2-10,13,15H,11-12H2,1H3,(H,24,28)(H,25,27). The van der Waals surface area contributed by atoms with Crippen molar-refractivity contribution in [1.82, 2.24) is 20.3 Å². The molecule has 0 radical (unpaired) electrons. The minimum atomic E-state index is -0.198. The fraction of sp³-hybridized carbons (Fsp3) is 0.174. The Hall–Kier alpha value is -3.87. The van der Waals surface area contributed by atoms with Crippen molar-refractivity contribution in [3.63, 3.8) is 0 Å². The number of hydrogen-bond acceptors (Lipinski definition) is 5. The van der Waals surface area contributed by atoms with Crippen LogP contribution >= 0.6 is 0 Å². The molecule has 30 heavy (non-hydrogen) atoms. The molecule has 2 aromatic heterocycles. The zero-order chi connectivity index (χ0) is 20.5. The van der Waals surface area contributed by atoms with E-state index in [0.717, 1.165) is 22.6 Å². The minimum absolute atomic E-state index is 0.0665. The van der Waals surface area contributed by atoms with E-state index < -0.39 is 0 Å². The van der Waals surface area contributed by atoms with E-state index in [9.17, 15) is 4.79 Å². The van der Waals surface area contributed by atoms with E-state index in [2.05, 4.69) is 20.3 Å². The highest BCUT2D eigenvalue weighted by Gasteiger charge is 2.28. The van der Waals surface area contributed by atoms with Gasteiger partial charge in [-0.15, -0.1) is 0 Å². The molecule has 0 spiro atoms. The van der Waals surface area contributed by atoms with Gasteiger partial charge in [-0.05, 0) is 30.2 Å². The fourth-order valence-electron chi connectivity index (χ4n) is 3.80. The van der Waals surface area contributed by atoms with E-state index >= 15 is 0 Å². The number of fused-ring (bicyclic) bond motifs is 1. The second kappa shape index (κ2) is 7.51. The van der Waals surface area contributed by atoms with Gasteiger partial charge >= 0.3 is 0 Å². The topological polar surface area (TPSA) is 93.0 Å². The Morgan fingerprint density at radius 3 is 2.70 bits per heavy atom. The molecule has 150 valence electrons. The van der Waals surface area contributed by atoms with Crippen molar-refractivity contribution < 1.29 is 13.9 Å². The Morgan fingerprint density at radius 2 is 1.87 bits per heavy atom. The summed E-state index contributed by atoms with van der Waals surface area (Å²) in [5, 5.41) is 2.98. The molecule has 2 aromatic carbocycles. The van der Waals surface area contributed by atoms with Gasteiger partial charge in [0.15, 0.2) is 5.82 Å². The van der Waals surface area contributed by atoms with Gasteiger partial charge in [-0.1, -0.05) is 36.4 Å². The maximum Gasteiger partial charge on any atom is 0.271 e. The Bertz CT molecular complexity index is 1200. The Labute approximate surface area is 173 Å². The van der Waals surface area contributed by atoms with Crippen LogP contribution < -0.4 is 10.1 Å². The van der Waals surface area contributed by atoms with Gasteiger partial charge < -0.3 is 19.5 Å². The van der Waals surface area contributed by atoms with Crippen LogP contribution in [-0.4, -0.2) is 34.5 Å². The predicted molar refractivity (Wildman–Crippen MR) is 111 cm³/mol. The molecular formula is C23H20N4O3. The number of nitrogens with one attached hydrogen (secondary N) is 2. The molecule has 1 aliphatic rings. The Balaban J connectivity index is 1.48. The summed E-state index contributed by atoms with van der Waals surface area (Å²) in [5.41, 5.74) is 3.67. The van der Waals surface area contributed by atoms with Gasteiger partial charge in [-0.25, -0.2) is 9.97 Å². The molecule has 2 N–H and O–H groups in total. The first-order valence-electron chi connectivity index (χ1n) is 9.74. The highest BCUT2D eigenvalue weighted by atomic mass is 16.5. The second-order valence-electron chi connectivity index (χ2n) is 7.17. The van der Waals surface area contributed by atoms with Crippen LogP contribution in [-0.2, 0) is 6.42 Å². The molecule has 0 aliphatic carbocycles. The number of amides is 1. The van der Waals surface area contributed by atoms with Gasteiger partial charge in [-0.2, -0.15) is 0 Å². The first-order chi connectivity index (χ1) is 14.7. The Kier molecular flexibility index (Phi) is 4.55. The van der Waals surface area contributed by atoms with Crippen molar-refractivity contribution in [2.24, 2.45) is 0 Å². The lowest BCUT2D eigenvalue weighted by atomic mass is 9.93. The fourth-order valence-corrected chi connectivity index (χ4v) is 3.80. The molecule has 0 saturated carbocycles. The number of oxazole rings is 1. The number of aromatic amines is 1. The van der Waals surface area contributed by atoms with Crippen molar-refractivity contribution in [3.05, 3.63) is 77.8 Å². The van der Waals surface area contributed by atoms with Crippen LogP contribution in [0.1, 0.15) is 27.7 Å². The SMILES string of the molecule is COc1ccccc1C1CNC(=O)c2nc(-c3coc(-c4ccccc4)n3)[nH]c2C1. The van der Waals surface area contributed by atoms with Gasteiger partial charge in [-0.3, -0.25) is 4.79 Å². The number of benzene rings is 2. The lowest BCUT2D eigenvalue weighted by Gasteiger charge is -2.17. The largest absolute Gasteiger partial charge is 0.496 e. The second-order valence-corrected chi connectivity index (χ2v) is 7.17. The number of carbonyl (C=O) groups is 1. The predicted octanol–water partition coefficient (Wildman–Crippen LogP) is 3.81. The average Bonchev–Trinajstić information content (AvgIpc) is 3.41. The van der Waals surface area contributed by atoms with Crippen LogP contribution in [0, 0.1) is 0 Å². The van der Waals surface area contributed by atoms with Crippen LogP contribution in [0.5, 0.6) is 5.75 Å². The summed E-state index contributed by atoms with van der Waals surface area (Å²) in [6, 6.07) is 17.5. The summed E-state index contributed by atoms with van der Waals surface area (Å²) in [6.45, 7) is 0.515. The number of nitrogens with zero attached hydrogens (tertiary/aromatic N) is 2. The zero-order valence-corrected chi connectivity index (χ0v) is 16.4. The molecule has 0 saturated heterocycles. The monoisotopic (exact) mass is 400 g/mol. The number of methoxy groups -OCH3 is 1. The summed E-state index contributed by atoms with van der Waals surface area (Å²) < 4.78 is 11.1. The van der Waals surface area contributed by atoms with E-state index in [0.29, 0.717) is 36.1 Å². The van der Waals surface area contributed by atoms with E-state index in [4.69, 9.17) is 9.15 Å². The van der Waals surface area contributed by atoms with Crippen LogP contribution in [0.15, 0.2) is 65.3 Å². The van der Waals surface area contributed by atoms with Crippen LogP contribution in [0.4, 0.5) is 0 Å². The first kappa shape index (κ1) is 18.2. The van der Waals surface area contributed by atoms with Gasteiger partial charge in [0, 0.05) is 23.7 Å². The van der Waals surface area contributed by atoms with Crippen LogP contribution in [0.25, 0.3) is 23.0 Å². The van der Waals surface area contributed by atoms with E-state index in [1.807, 2.05) is 54.6 Å². The summed E-state index contributed by atoms with van der Waals surface area (Å²) in [6.07, 6.45) is 2.18. The maximum absolute atomic E-state index is 12.6. The summed E-state index contributed by atoms with van der Waals surface area (Å²) in [7, 11) is 1.66. The van der Waals surface area contributed by atoms with Gasteiger partial charge in [0.1, 0.15) is 23.4 Å². The molecule has 1 aliphatic heterocycles. The van der Waals surface area contributed by atoms with Crippen molar-refractivity contribution in [2.45, 2.75) is 12.3 Å². The van der Waals surface area contributed by atoms with Crippen molar-refractivity contribution >= 4 is 5.91 Å². The van der Waals surface area contributed by atoms with Gasteiger partial charge in [0.25, 0.3) is 5.91 Å². The first-order valence-corrected chi connectivity index (χ1v) is 9.74. The van der Waals surface area contributed by atoms with Crippen molar-refractivity contribution in [2.75, 3.05) is 13.7 Å². The number of hydrogen-bond donors (Lipinski definition) is 2. The van der Waals surface area contributed by atoms with Crippen LogP contribution in [0.2, 0.25) is 0 Å². The lowest BCUT2D eigenvalue weighted by Crippen LogP contribution is -2.26. The summed E-state index contributed by atoms with van der Waals surface area (Å²) in [4.78, 5) is 25.0. The van der Waals surface area contributed by atoms with E-state index in [-0.39, 0.29) is 11.8 Å². The van der Waals surface area contributed by atoms with Gasteiger partial charge in [0.05, 0.1) is 7.11 Å². The van der Waals surface area contributed by atoms with Gasteiger partial charge in [0.2, 0.25) is 5.89 Å². The number of rotatable bonds is 4. The van der Waals surface area contributed by atoms with E-state index in [1.165, 1.54) is 0 Å². The smallest absolute Gasteiger partial charge is 0.271 e. The molecule has 0 bridgehead atoms. The number of para-hydroxylation sites is 1. The zero-order valence-electron chi connectivity index (χ0n) is 16.4. The van der Waals surface area contributed by atoms with E-state index in [1.54, 1.807) is 13.4 Å². The number of aromatic nitrogens is 3. The highest BCUT2D eigenvalue weighted by molar-refractivity contribution is 5.94. The number of ether oxygens (including phenoxy) is 1. The van der Waals surface area contributed by atoms with Crippen molar-refractivity contribution in [1.29, 1.82) is 0 Å². The molecule has 1 unspecified atom stereocenters. The lowest BCUT2D eigenvalue weighted by molar-refractivity contribution is 0.0950. The van der Waals surface area contributed by atoms with Crippen LogP contribution in [0.3, 0.4) is 0 Å². The quantitative estimate of drug-likeness (QED) is 0.543. The number of imidazole rings is 1. The minimum Gasteiger partial charge on any atom is -0.496 e. The third-order valence-electron chi connectivity index (χ3n) is 5.30. The normalized spacial score (nSPS) is 15.9. The molecule has 5 rings (SSSR count). The highest BCUT2D eigenvalue weighted by Crippen LogP contribution is 2.32. The Morgan fingerprint density at radius 1 is 1.07 bits per heavy atom. The summed E-state index contributed by atoms with van der Waals surface area (Å²) in [5.74, 6) is 1.70. The van der Waals surface area contributed by atoms with Crippen molar-refractivity contribution in [3.8, 4) is 28.7 Å². The molecule has 1 atom stereocenters. The number of H-pyrrole nitrogens is 1.